The molecule has 0 fully saturated rings. The minimum atomic E-state index is 0.832. The lowest BCUT2D eigenvalue weighted by atomic mass is 10.1. The van der Waals surface area contributed by atoms with Crippen LogP contribution in [0.15, 0.2) is 0 Å². The lowest BCUT2D eigenvalue weighted by Crippen LogP contribution is -2.41. The van der Waals surface area contributed by atoms with Gasteiger partial charge < -0.3 is 10.2 Å². The number of hydrogen-bond donors (Lipinski definition) is 1. The second-order valence-corrected chi connectivity index (χ2v) is 5.29. The first kappa shape index (κ1) is 14.9. The van der Waals surface area contributed by atoms with E-state index in [1.807, 2.05) is 0 Å². The summed E-state index contributed by atoms with van der Waals surface area (Å²) >= 11 is 0. The van der Waals surface area contributed by atoms with Gasteiger partial charge in [0.2, 0.25) is 0 Å². The highest BCUT2D eigenvalue weighted by Gasteiger charge is 2.12. The molecule has 0 aromatic carbocycles. The molecule has 2 nitrogen and oxygen atoms in total. The standard InChI is InChI=1S/C13H31N2/c1-4-5-6-7-8-9-12-15(2,3)13-10-11-14/h4-14H2,1-3H3/q+1. The van der Waals surface area contributed by atoms with Gasteiger partial charge in [-0.05, 0) is 19.4 Å². The van der Waals surface area contributed by atoms with E-state index in [-0.39, 0.29) is 0 Å². The maximum absolute atomic E-state index is 5.54. The van der Waals surface area contributed by atoms with Gasteiger partial charge in [0.1, 0.15) is 0 Å². The third-order valence-corrected chi connectivity index (χ3v) is 3.08. The Balaban J connectivity index is 3.32. The van der Waals surface area contributed by atoms with E-state index in [0.29, 0.717) is 0 Å². The van der Waals surface area contributed by atoms with Crippen LogP contribution in [0.4, 0.5) is 0 Å². The summed E-state index contributed by atoms with van der Waals surface area (Å²) in [6.07, 6.45) is 9.54. The summed E-state index contributed by atoms with van der Waals surface area (Å²) < 4.78 is 1.14. The lowest BCUT2D eigenvalue weighted by Gasteiger charge is -2.29. The van der Waals surface area contributed by atoms with Gasteiger partial charge in [0, 0.05) is 6.42 Å². The van der Waals surface area contributed by atoms with Gasteiger partial charge in [0.25, 0.3) is 0 Å². The zero-order valence-corrected chi connectivity index (χ0v) is 11.1. The molecule has 0 rings (SSSR count). The number of quaternary nitrogens is 1. The third kappa shape index (κ3) is 10.2. The molecule has 15 heavy (non-hydrogen) atoms. The van der Waals surface area contributed by atoms with E-state index < -0.39 is 0 Å². The van der Waals surface area contributed by atoms with Gasteiger partial charge in [-0.15, -0.1) is 0 Å². The number of hydrogen-bond acceptors (Lipinski definition) is 1. The summed E-state index contributed by atoms with van der Waals surface area (Å²) in [7, 11) is 4.64. The molecule has 92 valence electrons. The van der Waals surface area contributed by atoms with Crippen molar-refractivity contribution in [2.24, 2.45) is 5.73 Å². The van der Waals surface area contributed by atoms with Crippen LogP contribution < -0.4 is 5.73 Å². The molecule has 2 heteroatoms. The molecule has 0 aliphatic rings. The Morgan fingerprint density at radius 3 is 1.93 bits per heavy atom. The van der Waals surface area contributed by atoms with Gasteiger partial charge in [-0.3, -0.25) is 0 Å². The van der Waals surface area contributed by atoms with Crippen molar-refractivity contribution in [2.75, 3.05) is 33.7 Å². The SMILES string of the molecule is CCCCCCCC[N+](C)(C)CCCN. The van der Waals surface area contributed by atoms with Gasteiger partial charge in [-0.1, -0.05) is 32.6 Å². The maximum atomic E-state index is 5.54. The molecular formula is C13H31N2+. The van der Waals surface area contributed by atoms with Gasteiger partial charge >= 0.3 is 0 Å². The molecule has 0 spiro atoms. The summed E-state index contributed by atoms with van der Waals surface area (Å²) in [4.78, 5) is 0. The molecule has 0 saturated carbocycles. The predicted molar refractivity (Wildman–Crippen MR) is 68.9 cm³/mol. The van der Waals surface area contributed by atoms with Gasteiger partial charge in [0.05, 0.1) is 27.2 Å². The Morgan fingerprint density at radius 1 is 0.800 bits per heavy atom. The van der Waals surface area contributed by atoms with Crippen LogP contribution in [0.5, 0.6) is 0 Å². The molecule has 2 N–H and O–H groups in total. The van der Waals surface area contributed by atoms with Crippen molar-refractivity contribution in [3.63, 3.8) is 0 Å². The van der Waals surface area contributed by atoms with Crippen LogP contribution in [0.2, 0.25) is 0 Å². The van der Waals surface area contributed by atoms with Crippen molar-refractivity contribution >= 4 is 0 Å². The van der Waals surface area contributed by atoms with Gasteiger partial charge in [0.15, 0.2) is 0 Å². The average molecular weight is 215 g/mol. The fraction of sp³-hybridized carbons (Fsp3) is 1.00. The molecule has 0 aliphatic heterocycles. The molecule has 0 bridgehead atoms. The number of unbranched alkanes of at least 4 members (excludes halogenated alkanes) is 5. The molecule has 0 aliphatic carbocycles. The molecule has 0 amide bonds. The highest BCUT2D eigenvalue weighted by Crippen LogP contribution is 2.08. The molecule has 0 saturated heterocycles. The first-order valence-electron chi connectivity index (χ1n) is 6.64. The predicted octanol–water partition coefficient (Wildman–Crippen LogP) is 2.77. The van der Waals surface area contributed by atoms with Crippen molar-refractivity contribution in [1.29, 1.82) is 0 Å². The number of nitrogens with zero attached hydrogens (tertiary/aromatic N) is 1. The first-order chi connectivity index (χ1) is 7.12. The molecule has 0 atom stereocenters. The van der Waals surface area contributed by atoms with Crippen LogP contribution in [-0.4, -0.2) is 38.2 Å². The smallest absolute Gasteiger partial charge is 0.0794 e. The topological polar surface area (TPSA) is 26.0 Å². The maximum Gasteiger partial charge on any atom is 0.0794 e. The number of rotatable bonds is 10. The van der Waals surface area contributed by atoms with Crippen molar-refractivity contribution < 1.29 is 4.48 Å². The summed E-state index contributed by atoms with van der Waals surface area (Å²) in [5, 5.41) is 0. The monoisotopic (exact) mass is 215 g/mol. The van der Waals surface area contributed by atoms with Crippen LogP contribution in [-0.2, 0) is 0 Å². The Morgan fingerprint density at radius 2 is 1.33 bits per heavy atom. The summed E-state index contributed by atoms with van der Waals surface area (Å²) in [5.74, 6) is 0. The first-order valence-corrected chi connectivity index (χ1v) is 6.64. The summed E-state index contributed by atoms with van der Waals surface area (Å²) in [6.45, 7) is 5.64. The second kappa shape index (κ2) is 9.17. The lowest BCUT2D eigenvalue weighted by molar-refractivity contribution is -0.890. The minimum Gasteiger partial charge on any atom is -0.330 e. The third-order valence-electron chi connectivity index (χ3n) is 3.08. The van der Waals surface area contributed by atoms with E-state index in [0.717, 1.165) is 17.4 Å². The van der Waals surface area contributed by atoms with Gasteiger partial charge in [-0.25, -0.2) is 0 Å². The molecule has 0 radical (unpaired) electrons. The fourth-order valence-electron chi connectivity index (χ4n) is 1.95. The van der Waals surface area contributed by atoms with Crippen molar-refractivity contribution in [2.45, 2.75) is 51.9 Å². The van der Waals surface area contributed by atoms with Crippen LogP contribution in [0, 0.1) is 0 Å². The average Bonchev–Trinajstić information content (AvgIpc) is 2.20. The van der Waals surface area contributed by atoms with Crippen LogP contribution >= 0.6 is 0 Å². The molecule has 0 aromatic heterocycles. The molecular weight excluding hydrogens is 184 g/mol. The van der Waals surface area contributed by atoms with Crippen LogP contribution in [0.25, 0.3) is 0 Å². The Kier molecular flexibility index (Phi) is 9.12. The van der Waals surface area contributed by atoms with E-state index in [1.54, 1.807) is 0 Å². The molecule has 0 heterocycles. The largest absolute Gasteiger partial charge is 0.330 e. The zero-order valence-electron chi connectivity index (χ0n) is 11.1. The van der Waals surface area contributed by atoms with E-state index in [1.165, 1.54) is 51.6 Å². The Bertz CT molecular complexity index is 132. The second-order valence-electron chi connectivity index (χ2n) is 5.29. The Labute approximate surface area is 96.4 Å². The number of nitrogens with two attached hydrogens (primary N) is 1. The molecule has 0 unspecified atom stereocenters. The highest BCUT2D eigenvalue weighted by molar-refractivity contribution is 4.45. The summed E-state index contributed by atoms with van der Waals surface area (Å²) in [6, 6.07) is 0. The van der Waals surface area contributed by atoms with E-state index in [9.17, 15) is 0 Å². The van der Waals surface area contributed by atoms with E-state index in [2.05, 4.69) is 21.0 Å². The minimum absolute atomic E-state index is 0.832. The zero-order chi connectivity index (χ0) is 11.6. The van der Waals surface area contributed by atoms with Crippen molar-refractivity contribution in [3.05, 3.63) is 0 Å². The summed E-state index contributed by atoms with van der Waals surface area (Å²) in [5.41, 5.74) is 5.54. The van der Waals surface area contributed by atoms with Crippen molar-refractivity contribution in [1.82, 2.24) is 0 Å². The van der Waals surface area contributed by atoms with Gasteiger partial charge in [-0.2, -0.15) is 0 Å². The van der Waals surface area contributed by atoms with Crippen LogP contribution in [0.1, 0.15) is 51.9 Å². The molecule has 0 aromatic rings. The van der Waals surface area contributed by atoms with E-state index in [4.69, 9.17) is 5.73 Å². The fourth-order valence-corrected chi connectivity index (χ4v) is 1.95. The van der Waals surface area contributed by atoms with Crippen LogP contribution in [0.3, 0.4) is 0 Å². The Hall–Kier alpha value is -0.0800. The van der Waals surface area contributed by atoms with E-state index >= 15 is 0 Å². The van der Waals surface area contributed by atoms with Crippen molar-refractivity contribution in [3.8, 4) is 0 Å². The quantitative estimate of drug-likeness (QED) is 0.440. The normalized spacial score (nSPS) is 12.0. The highest BCUT2D eigenvalue weighted by atomic mass is 15.3.